The molecule has 1 aliphatic heterocycles. The molecular formula is C20H20N2O. The first-order chi connectivity index (χ1) is 11.1. The van der Waals surface area contributed by atoms with Crippen molar-refractivity contribution in [2.45, 2.75) is 26.3 Å². The van der Waals surface area contributed by atoms with Crippen molar-refractivity contribution < 1.29 is 4.79 Å². The number of amides is 1. The standard InChI is InChI=1S/C20H20N2O/c1-13-12-15-8-4-6-10-17(15)22(13)20(23)19-14(2)16-9-5-7-11-18(16)21(19)3/h4-11,13H,12H2,1-3H3. The molecule has 1 unspecified atom stereocenters. The number of hydrogen-bond acceptors (Lipinski definition) is 1. The summed E-state index contributed by atoms with van der Waals surface area (Å²) in [4.78, 5) is 15.3. The SMILES string of the molecule is Cc1c(C(=O)N2c3ccccc3CC2C)n(C)c2ccccc12. The van der Waals surface area contributed by atoms with E-state index in [1.807, 2.05) is 47.7 Å². The minimum atomic E-state index is 0.0960. The molecule has 4 rings (SSSR count). The van der Waals surface area contributed by atoms with Gasteiger partial charge in [0.1, 0.15) is 5.69 Å². The summed E-state index contributed by atoms with van der Waals surface area (Å²) in [5, 5.41) is 1.15. The van der Waals surface area contributed by atoms with Crippen molar-refractivity contribution in [3.05, 3.63) is 65.4 Å². The van der Waals surface area contributed by atoms with E-state index in [0.717, 1.165) is 34.3 Å². The van der Waals surface area contributed by atoms with E-state index in [0.29, 0.717) is 0 Å². The summed E-state index contributed by atoms with van der Waals surface area (Å²) in [6, 6.07) is 16.6. The normalized spacial score (nSPS) is 16.8. The molecule has 0 saturated carbocycles. The Hall–Kier alpha value is -2.55. The van der Waals surface area contributed by atoms with E-state index in [9.17, 15) is 4.79 Å². The largest absolute Gasteiger partial charge is 0.339 e. The van der Waals surface area contributed by atoms with Crippen molar-refractivity contribution in [3.63, 3.8) is 0 Å². The molecule has 2 aromatic carbocycles. The summed E-state index contributed by atoms with van der Waals surface area (Å²) in [5.74, 6) is 0.0960. The van der Waals surface area contributed by atoms with Crippen LogP contribution in [0.15, 0.2) is 48.5 Å². The number of anilines is 1. The Morgan fingerprint density at radius 2 is 1.78 bits per heavy atom. The Morgan fingerprint density at radius 3 is 2.57 bits per heavy atom. The molecule has 0 radical (unpaired) electrons. The molecule has 23 heavy (non-hydrogen) atoms. The van der Waals surface area contributed by atoms with Gasteiger partial charge in [0.25, 0.3) is 5.91 Å². The summed E-state index contributed by atoms with van der Waals surface area (Å²) in [6.07, 6.45) is 0.922. The van der Waals surface area contributed by atoms with Gasteiger partial charge in [-0.15, -0.1) is 0 Å². The van der Waals surface area contributed by atoms with Gasteiger partial charge in [0.15, 0.2) is 0 Å². The smallest absolute Gasteiger partial charge is 0.275 e. The van der Waals surface area contributed by atoms with Crippen LogP contribution in [0.5, 0.6) is 0 Å². The second-order valence-corrected chi connectivity index (χ2v) is 6.41. The highest BCUT2D eigenvalue weighted by molar-refractivity contribution is 6.11. The van der Waals surface area contributed by atoms with Crippen molar-refractivity contribution in [1.82, 2.24) is 4.57 Å². The van der Waals surface area contributed by atoms with Gasteiger partial charge in [-0.05, 0) is 43.5 Å². The van der Waals surface area contributed by atoms with Gasteiger partial charge in [-0.25, -0.2) is 0 Å². The number of fused-ring (bicyclic) bond motifs is 2. The van der Waals surface area contributed by atoms with Crippen molar-refractivity contribution in [3.8, 4) is 0 Å². The third-order valence-electron chi connectivity index (χ3n) is 4.99. The van der Waals surface area contributed by atoms with Gasteiger partial charge in [0.2, 0.25) is 0 Å². The summed E-state index contributed by atoms with van der Waals surface area (Å²) in [7, 11) is 1.98. The fourth-order valence-corrected chi connectivity index (χ4v) is 3.88. The first kappa shape index (κ1) is 14.1. The predicted octanol–water partition coefficient (Wildman–Crippen LogP) is 4.08. The molecule has 0 bridgehead atoms. The minimum Gasteiger partial charge on any atom is -0.339 e. The molecule has 0 fully saturated rings. The Labute approximate surface area is 136 Å². The summed E-state index contributed by atoms with van der Waals surface area (Å²) >= 11 is 0. The lowest BCUT2D eigenvalue weighted by atomic mass is 10.1. The van der Waals surface area contributed by atoms with Crippen LogP contribution in [-0.4, -0.2) is 16.5 Å². The molecule has 1 aromatic heterocycles. The summed E-state index contributed by atoms with van der Waals surface area (Å²) in [6.45, 7) is 4.16. The average Bonchev–Trinajstić information content (AvgIpc) is 3.02. The number of aromatic nitrogens is 1. The zero-order chi connectivity index (χ0) is 16.1. The molecule has 2 heterocycles. The van der Waals surface area contributed by atoms with Crippen LogP contribution < -0.4 is 4.90 Å². The number of nitrogens with zero attached hydrogens (tertiary/aromatic N) is 2. The third kappa shape index (κ3) is 1.93. The van der Waals surface area contributed by atoms with Crippen molar-refractivity contribution >= 4 is 22.5 Å². The topological polar surface area (TPSA) is 25.2 Å². The molecule has 0 spiro atoms. The number of aryl methyl sites for hydroxylation is 2. The van der Waals surface area contributed by atoms with Crippen LogP contribution in [0.4, 0.5) is 5.69 Å². The van der Waals surface area contributed by atoms with Crippen LogP contribution >= 0.6 is 0 Å². The fourth-order valence-electron chi connectivity index (χ4n) is 3.88. The maximum atomic E-state index is 13.3. The van der Waals surface area contributed by atoms with Crippen LogP contribution in [0.2, 0.25) is 0 Å². The molecule has 116 valence electrons. The molecule has 1 amide bonds. The molecule has 0 aliphatic carbocycles. The maximum Gasteiger partial charge on any atom is 0.275 e. The summed E-state index contributed by atoms with van der Waals surface area (Å²) in [5.41, 5.74) is 5.26. The zero-order valence-corrected chi connectivity index (χ0v) is 13.7. The van der Waals surface area contributed by atoms with Gasteiger partial charge in [-0.3, -0.25) is 4.79 Å². The highest BCUT2D eigenvalue weighted by Gasteiger charge is 2.33. The molecule has 0 saturated heterocycles. The Balaban J connectivity index is 1.88. The lowest BCUT2D eigenvalue weighted by molar-refractivity contribution is 0.0973. The number of carbonyl (C=O) groups is 1. The van der Waals surface area contributed by atoms with Crippen LogP contribution in [0, 0.1) is 6.92 Å². The maximum absolute atomic E-state index is 13.3. The van der Waals surface area contributed by atoms with Crippen LogP contribution in [0.25, 0.3) is 10.9 Å². The minimum absolute atomic E-state index is 0.0960. The molecule has 1 aliphatic rings. The van der Waals surface area contributed by atoms with E-state index in [4.69, 9.17) is 0 Å². The van der Waals surface area contributed by atoms with E-state index in [1.54, 1.807) is 0 Å². The lowest BCUT2D eigenvalue weighted by Gasteiger charge is -2.23. The number of rotatable bonds is 1. The zero-order valence-electron chi connectivity index (χ0n) is 13.7. The molecular weight excluding hydrogens is 284 g/mol. The number of hydrogen-bond donors (Lipinski definition) is 0. The van der Waals surface area contributed by atoms with Crippen molar-refractivity contribution in [2.75, 3.05) is 4.90 Å². The van der Waals surface area contributed by atoms with Crippen molar-refractivity contribution in [2.24, 2.45) is 7.05 Å². The van der Waals surface area contributed by atoms with Crippen molar-refractivity contribution in [1.29, 1.82) is 0 Å². The predicted molar refractivity (Wildman–Crippen MR) is 94.1 cm³/mol. The molecule has 3 nitrogen and oxygen atoms in total. The molecule has 1 atom stereocenters. The van der Waals surface area contributed by atoms with E-state index in [1.165, 1.54) is 5.56 Å². The van der Waals surface area contributed by atoms with E-state index in [2.05, 4.69) is 31.2 Å². The van der Waals surface area contributed by atoms with Gasteiger partial charge in [-0.2, -0.15) is 0 Å². The van der Waals surface area contributed by atoms with Crippen LogP contribution in [-0.2, 0) is 13.5 Å². The number of para-hydroxylation sites is 2. The van der Waals surface area contributed by atoms with Gasteiger partial charge >= 0.3 is 0 Å². The molecule has 0 N–H and O–H groups in total. The Morgan fingerprint density at radius 1 is 1.09 bits per heavy atom. The highest BCUT2D eigenvalue weighted by atomic mass is 16.2. The second-order valence-electron chi connectivity index (χ2n) is 6.41. The Bertz CT molecular complexity index is 884. The molecule has 3 heteroatoms. The highest BCUT2D eigenvalue weighted by Crippen LogP contribution is 2.35. The second kappa shape index (κ2) is 4.98. The summed E-state index contributed by atoms with van der Waals surface area (Å²) < 4.78 is 2.03. The average molecular weight is 304 g/mol. The van der Waals surface area contributed by atoms with Crippen LogP contribution in [0.3, 0.4) is 0 Å². The lowest BCUT2D eigenvalue weighted by Crippen LogP contribution is -2.37. The van der Waals surface area contributed by atoms with Gasteiger partial charge < -0.3 is 9.47 Å². The molecule has 3 aromatic rings. The number of benzene rings is 2. The van der Waals surface area contributed by atoms with Gasteiger partial charge in [0.05, 0.1) is 0 Å². The van der Waals surface area contributed by atoms with Crippen LogP contribution in [0.1, 0.15) is 28.5 Å². The first-order valence-electron chi connectivity index (χ1n) is 8.05. The van der Waals surface area contributed by atoms with Gasteiger partial charge in [0, 0.05) is 29.7 Å². The number of carbonyl (C=O) groups excluding carboxylic acids is 1. The third-order valence-corrected chi connectivity index (χ3v) is 4.99. The van der Waals surface area contributed by atoms with Gasteiger partial charge in [-0.1, -0.05) is 36.4 Å². The monoisotopic (exact) mass is 304 g/mol. The quantitative estimate of drug-likeness (QED) is 0.665. The first-order valence-corrected chi connectivity index (χ1v) is 8.05. The van der Waals surface area contributed by atoms with E-state index >= 15 is 0 Å². The Kier molecular flexibility index (Phi) is 3.05. The fraction of sp³-hybridized carbons (Fsp3) is 0.250. The van der Waals surface area contributed by atoms with E-state index < -0.39 is 0 Å². The van der Waals surface area contributed by atoms with E-state index in [-0.39, 0.29) is 11.9 Å².